The van der Waals surface area contributed by atoms with Crippen LogP contribution in [-0.4, -0.2) is 25.8 Å². The molecule has 1 aromatic carbocycles. The van der Waals surface area contributed by atoms with Crippen LogP contribution < -0.4 is 4.72 Å². The quantitative estimate of drug-likeness (QED) is 0.931. The molecular weight excluding hydrogens is 272 g/mol. The Hall–Kier alpha value is -1.07. The summed E-state index contributed by atoms with van der Waals surface area (Å²) in [7, 11) is -3.40. The molecule has 0 atom stereocenters. The number of piperidine rings is 1. The van der Waals surface area contributed by atoms with Gasteiger partial charge in [-0.2, -0.15) is 12.7 Å². The molecule has 1 aliphatic rings. The first-order valence-corrected chi connectivity index (χ1v) is 8.61. The average molecular weight is 296 g/mol. The smallest absolute Gasteiger partial charge is 0.271 e. The fourth-order valence-corrected chi connectivity index (χ4v) is 3.66. The molecular formula is C15H24N2O2S. The van der Waals surface area contributed by atoms with Crippen LogP contribution in [0.25, 0.3) is 0 Å². The molecule has 0 spiro atoms. The van der Waals surface area contributed by atoms with E-state index in [-0.39, 0.29) is 5.41 Å². The Morgan fingerprint density at radius 2 is 1.55 bits per heavy atom. The van der Waals surface area contributed by atoms with Crippen molar-refractivity contribution in [3.05, 3.63) is 29.8 Å². The van der Waals surface area contributed by atoms with Gasteiger partial charge in [0.2, 0.25) is 0 Å². The highest BCUT2D eigenvalue weighted by Crippen LogP contribution is 2.24. The van der Waals surface area contributed by atoms with E-state index >= 15 is 0 Å². The lowest BCUT2D eigenvalue weighted by atomic mass is 9.87. The van der Waals surface area contributed by atoms with Gasteiger partial charge >= 0.3 is 10.2 Å². The largest absolute Gasteiger partial charge is 0.301 e. The first-order chi connectivity index (χ1) is 9.29. The van der Waals surface area contributed by atoms with Crippen LogP contribution in [0.2, 0.25) is 0 Å². The number of benzene rings is 1. The molecule has 0 aromatic heterocycles. The summed E-state index contributed by atoms with van der Waals surface area (Å²) in [4.78, 5) is 0. The highest BCUT2D eigenvalue weighted by Gasteiger charge is 2.23. The summed E-state index contributed by atoms with van der Waals surface area (Å²) >= 11 is 0. The van der Waals surface area contributed by atoms with Crippen LogP contribution in [-0.2, 0) is 15.6 Å². The zero-order chi connectivity index (χ0) is 14.8. The number of nitrogens with one attached hydrogen (secondary N) is 1. The molecule has 1 aliphatic heterocycles. The Morgan fingerprint density at radius 1 is 1.00 bits per heavy atom. The molecule has 112 valence electrons. The van der Waals surface area contributed by atoms with Crippen molar-refractivity contribution < 1.29 is 8.42 Å². The Bertz CT molecular complexity index is 538. The van der Waals surface area contributed by atoms with Crippen LogP contribution in [0.3, 0.4) is 0 Å². The second kappa shape index (κ2) is 5.74. The molecule has 1 N–H and O–H groups in total. The predicted molar refractivity (Wildman–Crippen MR) is 83.1 cm³/mol. The lowest BCUT2D eigenvalue weighted by Crippen LogP contribution is -2.39. The number of hydrogen-bond donors (Lipinski definition) is 1. The monoisotopic (exact) mass is 296 g/mol. The summed E-state index contributed by atoms with van der Waals surface area (Å²) in [6.07, 6.45) is 3.01. The normalized spacial score (nSPS) is 17.9. The Morgan fingerprint density at radius 3 is 2.05 bits per heavy atom. The van der Waals surface area contributed by atoms with E-state index in [1.165, 1.54) is 9.87 Å². The van der Waals surface area contributed by atoms with Gasteiger partial charge in [-0.15, -0.1) is 0 Å². The third-order valence-electron chi connectivity index (χ3n) is 3.65. The van der Waals surface area contributed by atoms with Crippen LogP contribution in [0.1, 0.15) is 45.6 Å². The molecule has 0 aliphatic carbocycles. The van der Waals surface area contributed by atoms with Gasteiger partial charge in [0.25, 0.3) is 0 Å². The second-order valence-electron chi connectivity index (χ2n) is 6.39. The van der Waals surface area contributed by atoms with Crippen molar-refractivity contribution in [3.63, 3.8) is 0 Å². The van der Waals surface area contributed by atoms with Gasteiger partial charge in [-0.3, -0.25) is 4.72 Å². The van der Waals surface area contributed by atoms with Gasteiger partial charge in [-0.25, -0.2) is 0 Å². The van der Waals surface area contributed by atoms with E-state index < -0.39 is 10.2 Å². The van der Waals surface area contributed by atoms with Gasteiger partial charge < -0.3 is 0 Å². The summed E-state index contributed by atoms with van der Waals surface area (Å²) in [5, 5.41) is 0. The summed E-state index contributed by atoms with van der Waals surface area (Å²) in [6, 6.07) is 7.63. The minimum atomic E-state index is -3.40. The molecule has 0 amide bonds. The first-order valence-electron chi connectivity index (χ1n) is 7.17. The van der Waals surface area contributed by atoms with E-state index in [1.807, 2.05) is 24.3 Å². The number of nitrogens with zero attached hydrogens (tertiary/aromatic N) is 1. The maximum Gasteiger partial charge on any atom is 0.301 e. The Labute approximate surface area is 122 Å². The number of hydrogen-bond acceptors (Lipinski definition) is 2. The number of anilines is 1. The molecule has 1 aromatic rings. The average Bonchev–Trinajstić information content (AvgIpc) is 2.39. The zero-order valence-electron chi connectivity index (χ0n) is 12.5. The molecule has 1 fully saturated rings. The van der Waals surface area contributed by atoms with Crippen molar-refractivity contribution in [2.24, 2.45) is 0 Å². The molecule has 1 saturated heterocycles. The van der Waals surface area contributed by atoms with E-state index in [1.54, 1.807) is 0 Å². The van der Waals surface area contributed by atoms with E-state index in [9.17, 15) is 8.42 Å². The molecule has 2 rings (SSSR count). The zero-order valence-corrected chi connectivity index (χ0v) is 13.3. The van der Waals surface area contributed by atoms with Crippen LogP contribution in [0.15, 0.2) is 24.3 Å². The second-order valence-corrected chi connectivity index (χ2v) is 8.06. The highest BCUT2D eigenvalue weighted by molar-refractivity contribution is 7.90. The van der Waals surface area contributed by atoms with Crippen LogP contribution in [0.5, 0.6) is 0 Å². The van der Waals surface area contributed by atoms with E-state index in [0.29, 0.717) is 18.8 Å². The summed E-state index contributed by atoms with van der Waals surface area (Å²) < 4.78 is 28.7. The van der Waals surface area contributed by atoms with E-state index in [4.69, 9.17) is 0 Å². The van der Waals surface area contributed by atoms with Crippen molar-refractivity contribution >= 4 is 15.9 Å². The molecule has 0 unspecified atom stereocenters. The lowest BCUT2D eigenvalue weighted by molar-refractivity contribution is 0.349. The van der Waals surface area contributed by atoms with Crippen molar-refractivity contribution in [1.82, 2.24) is 4.31 Å². The molecule has 20 heavy (non-hydrogen) atoms. The minimum Gasteiger partial charge on any atom is -0.271 e. The lowest BCUT2D eigenvalue weighted by Gasteiger charge is -2.26. The van der Waals surface area contributed by atoms with Crippen LogP contribution in [0, 0.1) is 0 Å². The first kappa shape index (κ1) is 15.3. The molecule has 0 saturated carbocycles. The van der Waals surface area contributed by atoms with Crippen molar-refractivity contribution in [1.29, 1.82) is 0 Å². The van der Waals surface area contributed by atoms with Crippen molar-refractivity contribution in [2.75, 3.05) is 17.8 Å². The number of rotatable bonds is 3. The van der Waals surface area contributed by atoms with Gasteiger partial charge in [0.1, 0.15) is 0 Å². The summed E-state index contributed by atoms with van der Waals surface area (Å²) in [5.41, 5.74) is 1.89. The van der Waals surface area contributed by atoms with Gasteiger partial charge in [-0.05, 0) is 36.0 Å². The topological polar surface area (TPSA) is 49.4 Å². The standard InChI is InChI=1S/C15H24N2O2S/c1-15(2,3)13-7-9-14(10-8-13)16-20(18,19)17-11-5-4-6-12-17/h7-10,16H,4-6,11-12H2,1-3H3. The van der Waals surface area contributed by atoms with Gasteiger partial charge in [-0.1, -0.05) is 39.3 Å². The van der Waals surface area contributed by atoms with Gasteiger partial charge in [0.05, 0.1) is 0 Å². The maximum atomic E-state index is 12.3. The molecule has 5 heteroatoms. The van der Waals surface area contributed by atoms with E-state index in [2.05, 4.69) is 25.5 Å². The summed E-state index contributed by atoms with van der Waals surface area (Å²) in [6.45, 7) is 7.66. The molecule has 1 heterocycles. The minimum absolute atomic E-state index is 0.0737. The summed E-state index contributed by atoms with van der Waals surface area (Å²) in [5.74, 6) is 0. The van der Waals surface area contributed by atoms with Crippen LogP contribution >= 0.6 is 0 Å². The molecule has 0 bridgehead atoms. The Kier molecular flexibility index (Phi) is 4.39. The Balaban J connectivity index is 2.09. The van der Waals surface area contributed by atoms with Gasteiger partial charge in [0.15, 0.2) is 0 Å². The SMILES string of the molecule is CC(C)(C)c1ccc(NS(=O)(=O)N2CCCCC2)cc1. The van der Waals surface area contributed by atoms with Gasteiger partial charge in [0, 0.05) is 18.8 Å². The third kappa shape index (κ3) is 3.73. The van der Waals surface area contributed by atoms with Crippen LogP contribution in [0.4, 0.5) is 5.69 Å². The fraction of sp³-hybridized carbons (Fsp3) is 0.600. The van der Waals surface area contributed by atoms with E-state index in [0.717, 1.165) is 19.3 Å². The molecule has 4 nitrogen and oxygen atoms in total. The van der Waals surface area contributed by atoms with Crippen molar-refractivity contribution in [3.8, 4) is 0 Å². The van der Waals surface area contributed by atoms with Crippen molar-refractivity contribution in [2.45, 2.75) is 45.4 Å². The predicted octanol–water partition coefficient (Wildman–Crippen LogP) is 3.13. The third-order valence-corrected chi connectivity index (χ3v) is 5.19. The molecule has 0 radical (unpaired) electrons. The maximum absolute atomic E-state index is 12.3. The highest BCUT2D eigenvalue weighted by atomic mass is 32.2. The fourth-order valence-electron chi connectivity index (χ4n) is 2.36.